The molecule has 0 aromatic carbocycles. The minimum Gasteiger partial charge on any atom is -0.396 e. The standard InChI is InChI=1S/C15H28N4O2/c1-14(2)4-6-15(21,7-5-14)12-16-10-13-11-19(18-17-13)8-3-9-20/h11,16,20-21H,3-10,12H2,1-2H3. The molecule has 0 amide bonds. The van der Waals surface area contributed by atoms with Crippen molar-refractivity contribution in [2.75, 3.05) is 13.2 Å². The van der Waals surface area contributed by atoms with Crippen LogP contribution in [0.4, 0.5) is 0 Å². The monoisotopic (exact) mass is 296 g/mol. The molecule has 21 heavy (non-hydrogen) atoms. The van der Waals surface area contributed by atoms with E-state index in [2.05, 4.69) is 29.5 Å². The van der Waals surface area contributed by atoms with Crippen molar-refractivity contribution in [2.24, 2.45) is 5.41 Å². The Morgan fingerprint density at radius 2 is 2.00 bits per heavy atom. The number of rotatable bonds is 7. The number of nitrogens with one attached hydrogen (secondary N) is 1. The van der Waals surface area contributed by atoms with Gasteiger partial charge in [0, 0.05) is 32.4 Å². The van der Waals surface area contributed by atoms with E-state index in [0.29, 0.717) is 31.5 Å². The number of aliphatic hydroxyl groups excluding tert-OH is 1. The van der Waals surface area contributed by atoms with Crippen LogP contribution in [0.25, 0.3) is 0 Å². The second-order valence-electron chi connectivity index (χ2n) is 7.04. The molecule has 0 unspecified atom stereocenters. The third-order valence-electron chi connectivity index (χ3n) is 4.43. The predicted molar refractivity (Wildman–Crippen MR) is 80.6 cm³/mol. The molecule has 1 aromatic heterocycles. The quantitative estimate of drug-likeness (QED) is 0.701. The number of nitrogens with zero attached hydrogens (tertiary/aromatic N) is 3. The Labute approximate surface area is 126 Å². The van der Waals surface area contributed by atoms with Gasteiger partial charge in [0.15, 0.2) is 0 Å². The predicted octanol–water partition coefficient (Wildman–Crippen LogP) is 1.08. The van der Waals surface area contributed by atoms with Gasteiger partial charge in [-0.25, -0.2) is 0 Å². The highest BCUT2D eigenvalue weighted by atomic mass is 16.3. The van der Waals surface area contributed by atoms with Gasteiger partial charge in [-0.3, -0.25) is 4.68 Å². The highest BCUT2D eigenvalue weighted by Gasteiger charge is 2.36. The number of aromatic nitrogens is 3. The van der Waals surface area contributed by atoms with Gasteiger partial charge in [0.25, 0.3) is 0 Å². The van der Waals surface area contributed by atoms with Gasteiger partial charge in [0.05, 0.1) is 11.3 Å². The molecule has 1 fully saturated rings. The fourth-order valence-electron chi connectivity index (χ4n) is 2.75. The van der Waals surface area contributed by atoms with Gasteiger partial charge in [-0.15, -0.1) is 5.10 Å². The maximum atomic E-state index is 10.6. The Hall–Kier alpha value is -0.980. The lowest BCUT2D eigenvalue weighted by atomic mass is 9.71. The number of aliphatic hydroxyl groups is 2. The molecule has 6 heteroatoms. The van der Waals surface area contributed by atoms with Crippen molar-refractivity contribution >= 4 is 0 Å². The molecular formula is C15H28N4O2. The average Bonchev–Trinajstić information content (AvgIpc) is 2.88. The van der Waals surface area contributed by atoms with Crippen LogP contribution < -0.4 is 5.32 Å². The van der Waals surface area contributed by atoms with Crippen LogP contribution in [0.15, 0.2) is 6.20 Å². The molecule has 1 aromatic rings. The van der Waals surface area contributed by atoms with Crippen molar-refractivity contribution in [1.82, 2.24) is 20.3 Å². The molecular weight excluding hydrogens is 268 g/mol. The van der Waals surface area contributed by atoms with E-state index in [9.17, 15) is 5.11 Å². The van der Waals surface area contributed by atoms with E-state index in [-0.39, 0.29) is 6.61 Å². The van der Waals surface area contributed by atoms with Gasteiger partial charge in [-0.2, -0.15) is 0 Å². The van der Waals surface area contributed by atoms with Gasteiger partial charge in [-0.1, -0.05) is 19.1 Å². The maximum absolute atomic E-state index is 10.6. The summed E-state index contributed by atoms with van der Waals surface area (Å²) in [6, 6.07) is 0. The van der Waals surface area contributed by atoms with Gasteiger partial charge in [0.2, 0.25) is 0 Å². The molecule has 120 valence electrons. The molecule has 0 radical (unpaired) electrons. The number of hydrogen-bond donors (Lipinski definition) is 3. The van der Waals surface area contributed by atoms with Crippen molar-refractivity contribution in [3.05, 3.63) is 11.9 Å². The van der Waals surface area contributed by atoms with E-state index >= 15 is 0 Å². The molecule has 3 N–H and O–H groups in total. The van der Waals surface area contributed by atoms with Crippen LogP contribution >= 0.6 is 0 Å². The molecule has 1 aliphatic carbocycles. The molecule has 6 nitrogen and oxygen atoms in total. The van der Waals surface area contributed by atoms with Crippen LogP contribution in [0, 0.1) is 5.41 Å². The summed E-state index contributed by atoms with van der Waals surface area (Å²) in [5.41, 5.74) is 0.650. The first-order valence-electron chi connectivity index (χ1n) is 7.85. The molecule has 0 aliphatic heterocycles. The van der Waals surface area contributed by atoms with Gasteiger partial charge < -0.3 is 15.5 Å². The largest absolute Gasteiger partial charge is 0.396 e. The Balaban J connectivity index is 1.72. The van der Waals surface area contributed by atoms with Gasteiger partial charge in [-0.05, 0) is 37.5 Å². The minimum atomic E-state index is -0.581. The molecule has 1 aliphatic rings. The lowest BCUT2D eigenvalue weighted by Gasteiger charge is -2.40. The fraction of sp³-hybridized carbons (Fsp3) is 0.867. The highest BCUT2D eigenvalue weighted by Crippen LogP contribution is 2.39. The fourth-order valence-corrected chi connectivity index (χ4v) is 2.75. The minimum absolute atomic E-state index is 0.164. The van der Waals surface area contributed by atoms with Crippen LogP contribution in [0.3, 0.4) is 0 Å². The van der Waals surface area contributed by atoms with Crippen molar-refractivity contribution in [3.8, 4) is 0 Å². The smallest absolute Gasteiger partial charge is 0.0964 e. The number of aryl methyl sites for hydroxylation is 1. The summed E-state index contributed by atoms with van der Waals surface area (Å²) in [6.45, 7) is 6.60. The Kier molecular flexibility index (Phi) is 5.35. The summed E-state index contributed by atoms with van der Waals surface area (Å²) in [7, 11) is 0. The van der Waals surface area contributed by atoms with Gasteiger partial charge in [0.1, 0.15) is 0 Å². The third kappa shape index (κ3) is 5.05. The first-order valence-corrected chi connectivity index (χ1v) is 7.85. The number of hydrogen-bond acceptors (Lipinski definition) is 5. The van der Waals surface area contributed by atoms with Crippen LogP contribution in [0.5, 0.6) is 0 Å². The first kappa shape index (κ1) is 16.4. The highest BCUT2D eigenvalue weighted by molar-refractivity contribution is 4.94. The van der Waals surface area contributed by atoms with E-state index in [1.807, 2.05) is 6.20 Å². The molecule has 0 atom stereocenters. The average molecular weight is 296 g/mol. The van der Waals surface area contributed by atoms with Crippen LogP contribution in [0.1, 0.15) is 51.6 Å². The van der Waals surface area contributed by atoms with Crippen molar-refractivity contribution in [1.29, 1.82) is 0 Å². The van der Waals surface area contributed by atoms with Crippen LogP contribution in [-0.2, 0) is 13.1 Å². The Morgan fingerprint density at radius 1 is 1.29 bits per heavy atom. The molecule has 0 spiro atoms. The lowest BCUT2D eigenvalue weighted by molar-refractivity contribution is -0.0245. The van der Waals surface area contributed by atoms with Crippen molar-refractivity contribution in [3.63, 3.8) is 0 Å². The lowest BCUT2D eigenvalue weighted by Crippen LogP contribution is -2.44. The summed E-state index contributed by atoms with van der Waals surface area (Å²) in [6.07, 6.45) is 6.43. The third-order valence-corrected chi connectivity index (χ3v) is 4.43. The van der Waals surface area contributed by atoms with Crippen molar-refractivity contribution in [2.45, 2.75) is 64.6 Å². The molecule has 1 saturated carbocycles. The van der Waals surface area contributed by atoms with E-state index in [0.717, 1.165) is 31.4 Å². The van der Waals surface area contributed by atoms with E-state index < -0.39 is 5.60 Å². The normalized spacial score (nSPS) is 20.6. The second kappa shape index (κ2) is 6.85. The summed E-state index contributed by atoms with van der Waals surface area (Å²) >= 11 is 0. The molecule has 1 heterocycles. The molecule has 2 rings (SSSR count). The summed E-state index contributed by atoms with van der Waals surface area (Å²) in [5, 5.41) is 30.7. The van der Waals surface area contributed by atoms with Gasteiger partial charge >= 0.3 is 0 Å². The zero-order chi connectivity index (χ0) is 15.3. The van der Waals surface area contributed by atoms with E-state index in [1.54, 1.807) is 4.68 Å². The van der Waals surface area contributed by atoms with Crippen LogP contribution in [-0.4, -0.2) is 44.0 Å². The zero-order valence-corrected chi connectivity index (χ0v) is 13.2. The van der Waals surface area contributed by atoms with Crippen LogP contribution in [0.2, 0.25) is 0 Å². The summed E-state index contributed by atoms with van der Waals surface area (Å²) in [4.78, 5) is 0. The topological polar surface area (TPSA) is 83.2 Å². The summed E-state index contributed by atoms with van der Waals surface area (Å²) in [5.74, 6) is 0. The second-order valence-corrected chi connectivity index (χ2v) is 7.04. The first-order chi connectivity index (χ1) is 9.92. The van der Waals surface area contributed by atoms with Crippen molar-refractivity contribution < 1.29 is 10.2 Å². The molecule has 0 bridgehead atoms. The zero-order valence-electron chi connectivity index (χ0n) is 13.2. The Morgan fingerprint density at radius 3 is 2.67 bits per heavy atom. The van der Waals surface area contributed by atoms with E-state index in [1.165, 1.54) is 0 Å². The Bertz CT molecular complexity index is 435. The SMILES string of the molecule is CC1(C)CCC(O)(CNCc2cn(CCCO)nn2)CC1. The molecule has 0 saturated heterocycles. The van der Waals surface area contributed by atoms with E-state index in [4.69, 9.17) is 5.11 Å². The summed E-state index contributed by atoms with van der Waals surface area (Å²) < 4.78 is 1.74. The maximum Gasteiger partial charge on any atom is 0.0964 e.